The molecule has 0 fully saturated rings. The highest BCUT2D eigenvalue weighted by atomic mass is 16.5. The Hall–Kier alpha value is -1.95. The van der Waals surface area contributed by atoms with Gasteiger partial charge in [0.2, 0.25) is 0 Å². The molecule has 0 atom stereocenters. The summed E-state index contributed by atoms with van der Waals surface area (Å²) in [6.45, 7) is 4.81. The molecule has 1 aromatic carbocycles. The van der Waals surface area contributed by atoms with Crippen molar-refractivity contribution in [3.8, 4) is 5.75 Å². The maximum absolute atomic E-state index is 8.97. The van der Waals surface area contributed by atoms with Crippen molar-refractivity contribution in [3.63, 3.8) is 0 Å². The minimum absolute atomic E-state index is 0.110. The van der Waals surface area contributed by atoms with E-state index < -0.39 is 0 Å². The molecule has 0 aliphatic heterocycles. The van der Waals surface area contributed by atoms with Gasteiger partial charge in [0, 0.05) is 31.3 Å². The maximum Gasteiger partial charge on any atom is 0.172 e. The van der Waals surface area contributed by atoms with Gasteiger partial charge in [0.25, 0.3) is 0 Å². The summed E-state index contributed by atoms with van der Waals surface area (Å²) in [5.41, 5.74) is 7.44. The van der Waals surface area contributed by atoms with Crippen molar-refractivity contribution in [1.82, 2.24) is 4.90 Å². The molecule has 0 aromatic heterocycles. The number of hydrogen-bond donors (Lipinski definition) is 2. The fraction of sp³-hybridized carbons (Fsp3) is 0.533. The van der Waals surface area contributed by atoms with Gasteiger partial charge in [-0.2, -0.15) is 0 Å². The summed E-state index contributed by atoms with van der Waals surface area (Å²) < 4.78 is 5.30. The first-order valence-electron chi connectivity index (χ1n) is 7.09. The molecule has 0 unspecified atom stereocenters. The van der Waals surface area contributed by atoms with E-state index in [9.17, 15) is 0 Å². The summed E-state index contributed by atoms with van der Waals surface area (Å²) >= 11 is 0. The first kappa shape index (κ1) is 17.1. The van der Waals surface area contributed by atoms with E-state index in [1.807, 2.05) is 32.3 Å². The molecule has 0 radical (unpaired) electrons. The van der Waals surface area contributed by atoms with E-state index in [-0.39, 0.29) is 5.84 Å². The smallest absolute Gasteiger partial charge is 0.172 e. The number of anilines is 1. The summed E-state index contributed by atoms with van der Waals surface area (Å²) in [5.74, 6) is 0.865. The molecule has 0 saturated heterocycles. The lowest BCUT2D eigenvalue weighted by molar-refractivity contribution is 0.318. The van der Waals surface area contributed by atoms with Crippen LogP contribution in [0, 0.1) is 0 Å². The number of rotatable bonds is 8. The largest absolute Gasteiger partial charge is 0.497 e. The third-order valence-electron chi connectivity index (χ3n) is 3.24. The summed E-state index contributed by atoms with van der Waals surface area (Å²) in [5, 5.41) is 12.1. The molecule has 0 bridgehead atoms. The van der Waals surface area contributed by atoms with Crippen molar-refractivity contribution in [1.29, 1.82) is 0 Å². The summed E-state index contributed by atoms with van der Waals surface area (Å²) in [6.07, 6.45) is 1.01. The van der Waals surface area contributed by atoms with Crippen LogP contribution in [-0.2, 0) is 0 Å². The Labute approximate surface area is 126 Å². The first-order chi connectivity index (χ1) is 10.0. The van der Waals surface area contributed by atoms with Gasteiger partial charge in [-0.15, -0.1) is 0 Å². The zero-order valence-corrected chi connectivity index (χ0v) is 13.3. The molecule has 6 heteroatoms. The van der Waals surface area contributed by atoms with Crippen LogP contribution < -0.4 is 15.4 Å². The minimum Gasteiger partial charge on any atom is -0.497 e. The molecular weight excluding hydrogens is 268 g/mol. The number of oxime groups is 1. The Morgan fingerprint density at radius 2 is 2.00 bits per heavy atom. The zero-order chi connectivity index (χ0) is 15.8. The number of benzene rings is 1. The van der Waals surface area contributed by atoms with Crippen molar-refractivity contribution < 1.29 is 9.94 Å². The van der Waals surface area contributed by atoms with Crippen LogP contribution in [0.2, 0.25) is 0 Å². The third kappa shape index (κ3) is 4.82. The lowest BCUT2D eigenvalue weighted by Crippen LogP contribution is -2.34. The predicted octanol–water partition coefficient (Wildman–Crippen LogP) is 1.57. The van der Waals surface area contributed by atoms with Gasteiger partial charge in [-0.3, -0.25) is 0 Å². The van der Waals surface area contributed by atoms with Crippen LogP contribution in [-0.4, -0.2) is 56.8 Å². The summed E-state index contributed by atoms with van der Waals surface area (Å²) in [4.78, 5) is 4.36. The van der Waals surface area contributed by atoms with E-state index in [4.69, 9.17) is 15.7 Å². The number of nitrogens with two attached hydrogens (primary N) is 1. The summed E-state index contributed by atoms with van der Waals surface area (Å²) in [7, 11) is 5.71. The number of amidine groups is 1. The molecule has 118 valence electrons. The van der Waals surface area contributed by atoms with Gasteiger partial charge in [0.1, 0.15) is 5.75 Å². The van der Waals surface area contributed by atoms with Crippen molar-refractivity contribution in [2.24, 2.45) is 10.9 Å². The van der Waals surface area contributed by atoms with Crippen molar-refractivity contribution in [2.75, 3.05) is 45.7 Å². The summed E-state index contributed by atoms with van der Waals surface area (Å²) in [6, 6.07) is 5.56. The maximum atomic E-state index is 8.97. The normalized spacial score (nSPS) is 11.8. The topological polar surface area (TPSA) is 74.3 Å². The van der Waals surface area contributed by atoms with Gasteiger partial charge in [-0.1, -0.05) is 12.1 Å². The van der Waals surface area contributed by atoms with Crippen molar-refractivity contribution in [3.05, 3.63) is 23.8 Å². The molecule has 0 aliphatic carbocycles. The molecule has 1 aromatic rings. The second-order valence-corrected chi connectivity index (χ2v) is 5.16. The molecule has 0 heterocycles. The fourth-order valence-electron chi connectivity index (χ4n) is 2.11. The van der Waals surface area contributed by atoms with Gasteiger partial charge >= 0.3 is 0 Å². The van der Waals surface area contributed by atoms with Gasteiger partial charge < -0.3 is 25.5 Å². The van der Waals surface area contributed by atoms with Crippen LogP contribution in [0.5, 0.6) is 5.75 Å². The highest BCUT2D eigenvalue weighted by molar-refractivity contribution is 6.02. The van der Waals surface area contributed by atoms with Crippen LogP contribution in [0.25, 0.3) is 0 Å². The van der Waals surface area contributed by atoms with E-state index in [2.05, 4.69) is 21.9 Å². The Morgan fingerprint density at radius 1 is 1.29 bits per heavy atom. The van der Waals surface area contributed by atoms with Crippen LogP contribution in [0.15, 0.2) is 23.4 Å². The number of methoxy groups -OCH3 is 1. The second kappa shape index (κ2) is 8.36. The highest BCUT2D eigenvalue weighted by Gasteiger charge is 2.15. The molecule has 3 N–H and O–H groups in total. The van der Waals surface area contributed by atoms with Crippen molar-refractivity contribution >= 4 is 11.5 Å². The van der Waals surface area contributed by atoms with Crippen LogP contribution in [0.1, 0.15) is 18.9 Å². The van der Waals surface area contributed by atoms with E-state index in [0.717, 1.165) is 37.5 Å². The van der Waals surface area contributed by atoms with Gasteiger partial charge in [-0.25, -0.2) is 0 Å². The van der Waals surface area contributed by atoms with Gasteiger partial charge in [-0.05, 0) is 32.6 Å². The molecular formula is C15H26N4O2. The molecule has 0 spiro atoms. The average molecular weight is 294 g/mol. The molecule has 1 rings (SSSR count). The average Bonchev–Trinajstić information content (AvgIpc) is 2.49. The molecule has 0 aliphatic rings. The number of likely N-dealkylation sites (N-methyl/N-ethyl adjacent to an activating group) is 1. The van der Waals surface area contributed by atoms with E-state index >= 15 is 0 Å². The van der Waals surface area contributed by atoms with Gasteiger partial charge in [0.05, 0.1) is 12.8 Å². The van der Waals surface area contributed by atoms with Crippen LogP contribution in [0.4, 0.5) is 5.69 Å². The minimum atomic E-state index is 0.110. The first-order valence-corrected chi connectivity index (χ1v) is 7.09. The Morgan fingerprint density at radius 3 is 2.52 bits per heavy atom. The van der Waals surface area contributed by atoms with Crippen molar-refractivity contribution in [2.45, 2.75) is 13.3 Å². The number of hydrogen-bond acceptors (Lipinski definition) is 5. The number of ether oxygens (including phenoxy) is 1. The zero-order valence-electron chi connectivity index (χ0n) is 13.3. The molecule has 0 saturated carbocycles. The monoisotopic (exact) mass is 294 g/mol. The van der Waals surface area contributed by atoms with E-state index in [1.54, 1.807) is 7.11 Å². The standard InChI is InChI=1S/C15H26N4O2/c1-5-8-19(10-9-18(2)3)14-11-12(21-4)6-7-13(14)15(16)17-20/h6-7,11,20H,5,8-10H2,1-4H3,(H2,16,17). The molecule has 21 heavy (non-hydrogen) atoms. The highest BCUT2D eigenvalue weighted by Crippen LogP contribution is 2.26. The third-order valence-corrected chi connectivity index (χ3v) is 3.24. The Kier molecular flexibility index (Phi) is 6.81. The predicted molar refractivity (Wildman–Crippen MR) is 86.6 cm³/mol. The van der Waals surface area contributed by atoms with E-state index in [0.29, 0.717) is 5.56 Å². The SMILES string of the molecule is CCCN(CCN(C)C)c1cc(OC)ccc1/C(N)=N/O. The Balaban J connectivity index is 3.18. The van der Waals surface area contributed by atoms with E-state index in [1.165, 1.54) is 0 Å². The lowest BCUT2D eigenvalue weighted by atomic mass is 10.1. The fourth-order valence-corrected chi connectivity index (χ4v) is 2.11. The van der Waals surface area contributed by atoms with Crippen LogP contribution in [0.3, 0.4) is 0 Å². The molecule has 6 nitrogen and oxygen atoms in total. The van der Waals surface area contributed by atoms with Gasteiger partial charge in [0.15, 0.2) is 5.84 Å². The second-order valence-electron chi connectivity index (χ2n) is 5.16. The van der Waals surface area contributed by atoms with Crippen LogP contribution >= 0.6 is 0 Å². The quantitative estimate of drug-likeness (QED) is 0.329. The molecule has 0 amide bonds. The Bertz CT molecular complexity index is 475. The lowest BCUT2D eigenvalue weighted by Gasteiger charge is -2.28. The number of nitrogens with zero attached hydrogens (tertiary/aromatic N) is 3.